The molecule has 1 fully saturated rings. The van der Waals surface area contributed by atoms with Crippen molar-refractivity contribution in [1.82, 2.24) is 4.90 Å². The smallest absolute Gasteiger partial charge is 0.103 e. The highest BCUT2D eigenvalue weighted by molar-refractivity contribution is 7.80. The predicted molar refractivity (Wildman–Crippen MR) is 77.6 cm³/mol. The zero-order chi connectivity index (χ0) is 13.0. The number of hydrogen-bond donors (Lipinski definition) is 1. The summed E-state index contributed by atoms with van der Waals surface area (Å²) in [6, 6.07) is 8.67. The summed E-state index contributed by atoms with van der Waals surface area (Å²) in [6.07, 6.45) is 2.37. The third-order valence-electron chi connectivity index (χ3n) is 3.40. The molecular weight excluding hydrogens is 244 g/mol. The van der Waals surface area contributed by atoms with Crippen LogP contribution in [0.25, 0.3) is 0 Å². The molecule has 0 aliphatic carbocycles. The highest BCUT2D eigenvalue weighted by atomic mass is 32.1. The van der Waals surface area contributed by atoms with Gasteiger partial charge < -0.3 is 10.5 Å². The number of nitrogens with zero attached hydrogens (tertiary/aromatic N) is 1. The van der Waals surface area contributed by atoms with E-state index >= 15 is 0 Å². The molecule has 0 aromatic heterocycles. The molecule has 1 aliphatic rings. The van der Waals surface area contributed by atoms with Crippen molar-refractivity contribution >= 4 is 17.2 Å². The number of nitrogens with two attached hydrogens (primary N) is 1. The van der Waals surface area contributed by atoms with Gasteiger partial charge in [0.15, 0.2) is 0 Å². The Morgan fingerprint density at radius 1 is 1.56 bits per heavy atom. The van der Waals surface area contributed by atoms with Crippen molar-refractivity contribution in [3.63, 3.8) is 0 Å². The van der Waals surface area contributed by atoms with Gasteiger partial charge in [-0.25, -0.2) is 0 Å². The Balaban J connectivity index is 1.99. The second-order valence-electron chi connectivity index (χ2n) is 4.85. The summed E-state index contributed by atoms with van der Waals surface area (Å²) < 4.78 is 5.52. The first-order valence-electron chi connectivity index (χ1n) is 6.33. The number of rotatable bonds is 4. The Kier molecular flexibility index (Phi) is 4.69. The number of likely N-dealkylation sites (N-methyl/N-ethyl adjacent to an activating group) is 1. The van der Waals surface area contributed by atoms with Gasteiger partial charge in [-0.15, -0.1) is 0 Å². The van der Waals surface area contributed by atoms with E-state index in [1.807, 2.05) is 12.1 Å². The Hall–Kier alpha value is -0.970. The van der Waals surface area contributed by atoms with E-state index < -0.39 is 0 Å². The molecule has 18 heavy (non-hydrogen) atoms. The molecule has 1 aromatic rings. The fourth-order valence-corrected chi connectivity index (χ4v) is 2.44. The van der Waals surface area contributed by atoms with Crippen LogP contribution in [0.5, 0.6) is 0 Å². The van der Waals surface area contributed by atoms with Crippen molar-refractivity contribution in [3.8, 4) is 0 Å². The number of thiocarbonyl (C=S) groups is 1. The average molecular weight is 264 g/mol. The lowest BCUT2D eigenvalue weighted by Gasteiger charge is -2.31. The van der Waals surface area contributed by atoms with Crippen LogP contribution in [0, 0.1) is 0 Å². The van der Waals surface area contributed by atoms with E-state index in [1.165, 1.54) is 12.0 Å². The first kappa shape index (κ1) is 13.5. The van der Waals surface area contributed by atoms with Crippen molar-refractivity contribution < 1.29 is 4.74 Å². The molecule has 2 N–H and O–H groups in total. The normalized spacial score (nSPS) is 20.0. The molecule has 1 aromatic carbocycles. The molecule has 0 spiro atoms. The summed E-state index contributed by atoms with van der Waals surface area (Å²) >= 11 is 5.00. The molecule has 1 heterocycles. The van der Waals surface area contributed by atoms with E-state index in [0.29, 0.717) is 11.0 Å². The Morgan fingerprint density at radius 2 is 2.39 bits per heavy atom. The van der Waals surface area contributed by atoms with E-state index in [4.69, 9.17) is 22.7 Å². The van der Waals surface area contributed by atoms with Crippen molar-refractivity contribution in [3.05, 3.63) is 35.4 Å². The minimum absolute atomic E-state index is 0.459. The maximum atomic E-state index is 5.65. The van der Waals surface area contributed by atoms with Gasteiger partial charge in [-0.1, -0.05) is 30.4 Å². The van der Waals surface area contributed by atoms with E-state index in [9.17, 15) is 0 Å². The lowest BCUT2D eigenvalue weighted by Crippen LogP contribution is -2.38. The fraction of sp³-hybridized carbons (Fsp3) is 0.500. The minimum atomic E-state index is 0.459. The monoisotopic (exact) mass is 264 g/mol. The molecule has 1 aliphatic heterocycles. The van der Waals surface area contributed by atoms with Crippen LogP contribution in [0.3, 0.4) is 0 Å². The maximum Gasteiger partial charge on any atom is 0.103 e. The summed E-state index contributed by atoms with van der Waals surface area (Å²) in [7, 11) is 2.15. The van der Waals surface area contributed by atoms with Crippen molar-refractivity contribution in [1.29, 1.82) is 0 Å². The van der Waals surface area contributed by atoms with Crippen LogP contribution in [0.15, 0.2) is 24.3 Å². The number of benzene rings is 1. The largest absolute Gasteiger partial charge is 0.389 e. The van der Waals surface area contributed by atoms with Crippen LogP contribution in [0.1, 0.15) is 24.0 Å². The second-order valence-corrected chi connectivity index (χ2v) is 5.29. The van der Waals surface area contributed by atoms with Gasteiger partial charge in [-0.3, -0.25) is 4.90 Å². The van der Waals surface area contributed by atoms with Crippen LogP contribution in [0.4, 0.5) is 0 Å². The van der Waals surface area contributed by atoms with Gasteiger partial charge in [-0.2, -0.15) is 0 Å². The number of hydrogen-bond acceptors (Lipinski definition) is 3. The zero-order valence-electron chi connectivity index (χ0n) is 10.8. The molecule has 1 saturated heterocycles. The van der Waals surface area contributed by atoms with Crippen LogP contribution >= 0.6 is 12.2 Å². The Labute approximate surface area is 114 Å². The molecule has 98 valence electrons. The first-order valence-corrected chi connectivity index (χ1v) is 6.74. The van der Waals surface area contributed by atoms with Gasteiger partial charge in [-0.05, 0) is 31.5 Å². The van der Waals surface area contributed by atoms with Crippen LogP contribution in [-0.2, 0) is 11.3 Å². The van der Waals surface area contributed by atoms with Crippen LogP contribution in [-0.4, -0.2) is 36.2 Å². The molecule has 0 saturated carbocycles. The maximum absolute atomic E-state index is 5.65. The van der Waals surface area contributed by atoms with E-state index in [-0.39, 0.29) is 0 Å². The predicted octanol–water partition coefficient (Wildman–Crippen LogP) is 1.93. The molecule has 1 atom stereocenters. The van der Waals surface area contributed by atoms with Crippen LogP contribution in [0.2, 0.25) is 0 Å². The van der Waals surface area contributed by atoms with E-state index in [1.54, 1.807) is 0 Å². The molecule has 1 unspecified atom stereocenters. The van der Waals surface area contributed by atoms with E-state index in [0.717, 1.165) is 31.7 Å². The Bertz CT molecular complexity index is 416. The summed E-state index contributed by atoms with van der Waals surface area (Å²) in [5.74, 6) is 0. The molecule has 0 amide bonds. The van der Waals surface area contributed by atoms with E-state index in [2.05, 4.69) is 24.1 Å². The third-order valence-corrected chi connectivity index (χ3v) is 3.64. The molecule has 4 heteroatoms. The molecule has 0 radical (unpaired) electrons. The standard InChI is InChI=1S/C14H20N2OS/c1-16(13-6-3-7-17-10-13)9-11-4-2-5-12(8-11)14(15)18/h2,4-5,8,13H,3,6-7,9-10H2,1H3,(H2,15,18). The van der Waals surface area contributed by atoms with Gasteiger partial charge in [0.2, 0.25) is 0 Å². The van der Waals surface area contributed by atoms with Gasteiger partial charge in [0.1, 0.15) is 4.99 Å². The second kappa shape index (κ2) is 6.27. The topological polar surface area (TPSA) is 38.5 Å². The Morgan fingerprint density at radius 3 is 3.06 bits per heavy atom. The quantitative estimate of drug-likeness (QED) is 0.843. The van der Waals surface area contributed by atoms with Gasteiger partial charge in [0.25, 0.3) is 0 Å². The molecule has 2 rings (SSSR count). The minimum Gasteiger partial charge on any atom is -0.389 e. The van der Waals surface area contributed by atoms with Gasteiger partial charge >= 0.3 is 0 Å². The zero-order valence-corrected chi connectivity index (χ0v) is 11.6. The van der Waals surface area contributed by atoms with Gasteiger partial charge in [0.05, 0.1) is 6.61 Å². The SMILES string of the molecule is CN(Cc1cccc(C(N)=S)c1)C1CCCOC1. The lowest BCUT2D eigenvalue weighted by atomic mass is 10.1. The fourth-order valence-electron chi connectivity index (χ4n) is 2.31. The summed E-state index contributed by atoms with van der Waals surface area (Å²) in [4.78, 5) is 2.80. The summed E-state index contributed by atoms with van der Waals surface area (Å²) in [5, 5.41) is 0. The highest BCUT2D eigenvalue weighted by Gasteiger charge is 2.18. The van der Waals surface area contributed by atoms with Crippen LogP contribution < -0.4 is 5.73 Å². The first-order chi connectivity index (χ1) is 8.66. The molecule has 3 nitrogen and oxygen atoms in total. The highest BCUT2D eigenvalue weighted by Crippen LogP contribution is 2.15. The summed E-state index contributed by atoms with van der Waals surface area (Å²) in [5.41, 5.74) is 7.84. The third kappa shape index (κ3) is 3.51. The van der Waals surface area contributed by atoms with Crippen molar-refractivity contribution in [2.75, 3.05) is 20.3 Å². The molecular formula is C14H20N2OS. The average Bonchev–Trinajstić information content (AvgIpc) is 2.40. The summed E-state index contributed by atoms with van der Waals surface area (Å²) in [6.45, 7) is 2.65. The van der Waals surface area contributed by atoms with Crippen molar-refractivity contribution in [2.45, 2.75) is 25.4 Å². The number of ether oxygens (including phenoxy) is 1. The molecule has 0 bridgehead atoms. The lowest BCUT2D eigenvalue weighted by molar-refractivity contribution is 0.0250. The van der Waals surface area contributed by atoms with Gasteiger partial charge in [0, 0.05) is 24.8 Å². The van der Waals surface area contributed by atoms with Crippen molar-refractivity contribution in [2.24, 2.45) is 5.73 Å².